The zero-order valence-corrected chi connectivity index (χ0v) is 18.8. The molecule has 0 bridgehead atoms. The second-order valence-electron chi connectivity index (χ2n) is 7.86. The van der Waals surface area contributed by atoms with Crippen LogP contribution < -0.4 is 10.9 Å². The van der Waals surface area contributed by atoms with Gasteiger partial charge in [0.2, 0.25) is 5.91 Å². The van der Waals surface area contributed by atoms with Crippen molar-refractivity contribution in [1.82, 2.24) is 14.9 Å². The summed E-state index contributed by atoms with van der Waals surface area (Å²) in [6.45, 7) is 3.60. The Balaban J connectivity index is 1.71. The van der Waals surface area contributed by atoms with Crippen LogP contribution in [-0.2, 0) is 4.79 Å². The van der Waals surface area contributed by atoms with Crippen LogP contribution in [0, 0.1) is 24.2 Å². The molecule has 1 aliphatic carbocycles. The summed E-state index contributed by atoms with van der Waals surface area (Å²) in [6, 6.07) is 14.7. The predicted octanol–water partition coefficient (Wildman–Crippen LogP) is 4.25. The predicted molar refractivity (Wildman–Crippen MR) is 123 cm³/mol. The van der Waals surface area contributed by atoms with Crippen LogP contribution in [0.5, 0.6) is 0 Å². The fourth-order valence-corrected chi connectivity index (χ4v) is 4.57. The van der Waals surface area contributed by atoms with Crippen molar-refractivity contribution in [1.29, 1.82) is 5.26 Å². The largest absolute Gasteiger partial charge is 0.337 e. The van der Waals surface area contributed by atoms with Crippen LogP contribution in [0.25, 0.3) is 16.6 Å². The quantitative estimate of drug-likeness (QED) is 0.446. The van der Waals surface area contributed by atoms with E-state index in [0.29, 0.717) is 26.8 Å². The Kier molecular flexibility index (Phi) is 5.78. The van der Waals surface area contributed by atoms with Gasteiger partial charge < -0.3 is 5.32 Å². The Bertz CT molecular complexity index is 1280. The molecule has 0 spiro atoms. The van der Waals surface area contributed by atoms with Crippen LogP contribution in [0.15, 0.2) is 52.4 Å². The number of rotatable bonds is 6. The molecule has 1 heterocycles. The molecule has 3 aromatic rings. The number of benzene rings is 2. The number of aromatic nitrogens is 2. The van der Waals surface area contributed by atoms with Gasteiger partial charge in [0.1, 0.15) is 5.54 Å². The van der Waals surface area contributed by atoms with Crippen LogP contribution >= 0.6 is 23.4 Å². The second-order valence-corrected chi connectivity index (χ2v) is 9.21. The minimum absolute atomic E-state index is 0.0361. The molecule has 1 aromatic heterocycles. The summed E-state index contributed by atoms with van der Waals surface area (Å²) in [5, 5.41) is 13.8. The van der Waals surface area contributed by atoms with E-state index in [9.17, 15) is 14.9 Å². The maximum atomic E-state index is 13.4. The summed E-state index contributed by atoms with van der Waals surface area (Å²) in [4.78, 5) is 30.6. The standard InChI is InChI=1S/C23H21ClN4O2S/c1-14-17(24)7-5-9-19(14)28-21(30)16-6-3-4-8-18(16)26-22(28)31-12-20(29)27-23(2,13-25)15-10-11-15/h3-9,15H,10-12H2,1-2H3,(H,27,29). The molecule has 1 atom stereocenters. The third-order valence-corrected chi connectivity index (χ3v) is 6.93. The zero-order chi connectivity index (χ0) is 22.2. The van der Waals surface area contributed by atoms with Gasteiger partial charge in [-0.15, -0.1) is 0 Å². The number of amides is 1. The number of carbonyl (C=O) groups excluding carboxylic acids is 1. The third-order valence-electron chi connectivity index (χ3n) is 5.58. The SMILES string of the molecule is Cc1c(Cl)cccc1-n1c(SCC(=O)NC(C)(C#N)C2CC2)nc2ccccc2c1=O. The molecule has 1 unspecified atom stereocenters. The topological polar surface area (TPSA) is 87.8 Å². The van der Waals surface area contributed by atoms with Gasteiger partial charge >= 0.3 is 0 Å². The lowest BCUT2D eigenvalue weighted by molar-refractivity contribution is -0.119. The molecule has 0 aliphatic heterocycles. The molecule has 158 valence electrons. The number of nitriles is 1. The third kappa shape index (κ3) is 4.18. The fourth-order valence-electron chi connectivity index (χ4n) is 3.60. The monoisotopic (exact) mass is 452 g/mol. The van der Waals surface area contributed by atoms with Crippen molar-refractivity contribution in [2.45, 2.75) is 37.4 Å². The molecule has 31 heavy (non-hydrogen) atoms. The van der Waals surface area contributed by atoms with Crippen LogP contribution in [0.1, 0.15) is 25.3 Å². The maximum absolute atomic E-state index is 13.4. The molecule has 1 saturated carbocycles. The number of fused-ring (bicyclic) bond motifs is 1. The molecule has 6 nitrogen and oxygen atoms in total. The van der Waals surface area contributed by atoms with Gasteiger partial charge in [-0.3, -0.25) is 14.2 Å². The van der Waals surface area contributed by atoms with Crippen LogP contribution in [0.2, 0.25) is 5.02 Å². The molecular weight excluding hydrogens is 432 g/mol. The van der Waals surface area contributed by atoms with E-state index in [1.807, 2.05) is 19.1 Å². The molecule has 1 amide bonds. The number of nitrogens with one attached hydrogen (secondary N) is 1. The van der Waals surface area contributed by atoms with E-state index in [0.717, 1.165) is 30.2 Å². The van der Waals surface area contributed by atoms with E-state index in [1.54, 1.807) is 37.3 Å². The molecular formula is C23H21ClN4O2S. The van der Waals surface area contributed by atoms with Gasteiger partial charge in [-0.05, 0) is 62.4 Å². The summed E-state index contributed by atoms with van der Waals surface area (Å²) >= 11 is 7.47. The molecule has 2 aromatic carbocycles. The van der Waals surface area contributed by atoms with Gasteiger partial charge in [0.15, 0.2) is 5.16 Å². The highest BCUT2D eigenvalue weighted by molar-refractivity contribution is 7.99. The highest BCUT2D eigenvalue weighted by atomic mass is 35.5. The maximum Gasteiger partial charge on any atom is 0.266 e. The first-order chi connectivity index (χ1) is 14.8. The van der Waals surface area contributed by atoms with E-state index < -0.39 is 5.54 Å². The number of hydrogen-bond acceptors (Lipinski definition) is 5. The molecule has 8 heteroatoms. The Morgan fingerprint density at radius 1 is 1.32 bits per heavy atom. The highest BCUT2D eigenvalue weighted by Crippen LogP contribution is 2.39. The minimum atomic E-state index is -0.863. The van der Waals surface area contributed by atoms with Crippen molar-refractivity contribution in [3.63, 3.8) is 0 Å². The minimum Gasteiger partial charge on any atom is -0.337 e. The van der Waals surface area contributed by atoms with Gasteiger partial charge in [0.05, 0.1) is 28.4 Å². The fraction of sp³-hybridized carbons (Fsp3) is 0.304. The van der Waals surface area contributed by atoms with Crippen molar-refractivity contribution in [2.24, 2.45) is 5.92 Å². The molecule has 1 aliphatic rings. The molecule has 1 fully saturated rings. The highest BCUT2D eigenvalue weighted by Gasteiger charge is 2.43. The van der Waals surface area contributed by atoms with E-state index in [-0.39, 0.29) is 23.1 Å². The molecule has 0 radical (unpaired) electrons. The normalized spacial score (nSPS) is 15.3. The summed E-state index contributed by atoms with van der Waals surface area (Å²) in [7, 11) is 0. The van der Waals surface area contributed by atoms with E-state index in [2.05, 4.69) is 16.4 Å². The first-order valence-electron chi connectivity index (χ1n) is 9.96. The van der Waals surface area contributed by atoms with Crippen LogP contribution in [0.3, 0.4) is 0 Å². The first kappa shape index (κ1) is 21.4. The van der Waals surface area contributed by atoms with E-state index in [4.69, 9.17) is 11.6 Å². The number of thioether (sulfide) groups is 1. The lowest BCUT2D eigenvalue weighted by Crippen LogP contribution is -2.47. The lowest BCUT2D eigenvalue weighted by Gasteiger charge is -2.23. The lowest BCUT2D eigenvalue weighted by atomic mass is 9.98. The number of para-hydroxylation sites is 1. The van der Waals surface area contributed by atoms with Crippen molar-refractivity contribution >= 4 is 40.2 Å². The van der Waals surface area contributed by atoms with Crippen molar-refractivity contribution < 1.29 is 4.79 Å². The summed E-state index contributed by atoms with van der Waals surface area (Å²) in [5.41, 5.74) is 0.848. The number of halogens is 1. The summed E-state index contributed by atoms with van der Waals surface area (Å²) in [5.74, 6) is -0.0377. The number of carbonyl (C=O) groups is 1. The summed E-state index contributed by atoms with van der Waals surface area (Å²) in [6.07, 6.45) is 1.88. The van der Waals surface area contributed by atoms with E-state index >= 15 is 0 Å². The Labute approximate surface area is 189 Å². The van der Waals surface area contributed by atoms with Gasteiger partial charge in [-0.25, -0.2) is 4.98 Å². The Hall–Kier alpha value is -2.82. The van der Waals surface area contributed by atoms with Crippen molar-refractivity contribution in [3.8, 4) is 11.8 Å². The smallest absolute Gasteiger partial charge is 0.266 e. The van der Waals surface area contributed by atoms with Gasteiger partial charge in [0.25, 0.3) is 5.56 Å². The first-order valence-corrected chi connectivity index (χ1v) is 11.3. The average molecular weight is 453 g/mol. The number of hydrogen-bond donors (Lipinski definition) is 1. The molecule has 4 rings (SSSR count). The Morgan fingerprint density at radius 2 is 2.06 bits per heavy atom. The summed E-state index contributed by atoms with van der Waals surface area (Å²) < 4.78 is 1.51. The van der Waals surface area contributed by atoms with Crippen molar-refractivity contribution in [3.05, 3.63) is 63.4 Å². The van der Waals surface area contributed by atoms with Gasteiger partial charge in [-0.2, -0.15) is 5.26 Å². The van der Waals surface area contributed by atoms with E-state index in [1.165, 1.54) is 4.57 Å². The number of nitrogens with zero attached hydrogens (tertiary/aromatic N) is 3. The van der Waals surface area contributed by atoms with Crippen LogP contribution in [-0.4, -0.2) is 26.8 Å². The van der Waals surface area contributed by atoms with Crippen molar-refractivity contribution in [2.75, 3.05) is 5.75 Å². The van der Waals surface area contributed by atoms with Crippen LogP contribution in [0.4, 0.5) is 0 Å². The Morgan fingerprint density at radius 3 is 2.77 bits per heavy atom. The molecule has 1 N–H and O–H groups in total. The second kappa shape index (κ2) is 8.37. The van der Waals surface area contributed by atoms with Gasteiger partial charge in [-0.1, -0.05) is 41.6 Å². The average Bonchev–Trinajstić information content (AvgIpc) is 3.61. The zero-order valence-electron chi connectivity index (χ0n) is 17.2. The molecule has 0 saturated heterocycles. The van der Waals surface area contributed by atoms with Gasteiger partial charge in [0, 0.05) is 5.02 Å².